The van der Waals surface area contributed by atoms with Crippen molar-refractivity contribution < 1.29 is 0 Å². The molecule has 0 nitrogen and oxygen atoms in total. The molecule has 508 valence electrons. The van der Waals surface area contributed by atoms with Crippen LogP contribution in [0.4, 0.5) is 0 Å². The Labute approximate surface area is 574 Å². The molecule has 86 heavy (non-hydrogen) atoms. The van der Waals surface area contributed by atoms with E-state index in [-0.39, 0.29) is 0 Å². The van der Waals surface area contributed by atoms with Gasteiger partial charge in [0.25, 0.3) is 0 Å². The van der Waals surface area contributed by atoms with Crippen LogP contribution in [0.2, 0.25) is 0 Å². The van der Waals surface area contributed by atoms with E-state index in [1.54, 1.807) is 29.4 Å². The summed E-state index contributed by atoms with van der Waals surface area (Å²) in [6.07, 6.45) is 92.6. The molecule has 1 fully saturated rings. The van der Waals surface area contributed by atoms with Gasteiger partial charge in [0.15, 0.2) is 0 Å². The molecule has 0 aromatic carbocycles. The fraction of sp³-hybridized carbons (Fsp3) is 0.923. The summed E-state index contributed by atoms with van der Waals surface area (Å²) in [4.78, 5) is 6.84. The van der Waals surface area contributed by atoms with Gasteiger partial charge in [0, 0.05) is 25.2 Å². The first-order valence-electron chi connectivity index (χ1n) is 39.2. The highest BCUT2D eigenvalue weighted by Crippen LogP contribution is 2.67. The fourth-order valence-electron chi connectivity index (χ4n) is 12.7. The van der Waals surface area contributed by atoms with Gasteiger partial charge in [-0.25, -0.2) is 0 Å². The molecule has 1 heterocycles. The lowest BCUT2D eigenvalue weighted by Gasteiger charge is -2.13. The highest BCUT2D eigenvalue weighted by atomic mass is 33.7. The van der Waals surface area contributed by atoms with E-state index in [0.29, 0.717) is 0 Å². The molecule has 8 heteroatoms. The van der Waals surface area contributed by atoms with Crippen LogP contribution >= 0.6 is 88.3 Å². The van der Waals surface area contributed by atoms with Crippen molar-refractivity contribution in [2.45, 2.75) is 439 Å². The zero-order valence-corrected chi connectivity index (χ0v) is 64.9. The van der Waals surface area contributed by atoms with E-state index in [2.05, 4.69) is 96.3 Å². The molecular formula is C78H148S8. The van der Waals surface area contributed by atoms with E-state index >= 15 is 0 Å². The molecule has 0 unspecified atom stereocenters. The Bertz CT molecular complexity index is 1380. The van der Waals surface area contributed by atoms with Gasteiger partial charge in [0.1, 0.15) is 0 Å². The SMILES string of the molecule is CCCCCCCCCCCCCCCCCCSC1=C(SCCCCCCCCCCCCCCCCCC)C(=C2SSSS2)C(SCCCCCCCCCCCCCCCCCC)=C1SCCCCCCCCCCCCCCCCCC. The minimum atomic E-state index is 1.29. The third-order valence-corrected chi connectivity index (χ3v) is 30.5. The Morgan fingerprint density at radius 2 is 0.314 bits per heavy atom. The molecule has 2 rings (SSSR count). The largest absolute Gasteiger partial charge is 0.124 e. The first-order valence-corrected chi connectivity index (χ1v) is 48.0. The molecule has 0 spiro atoms. The summed E-state index contributed by atoms with van der Waals surface area (Å²) in [5.41, 5.74) is 1.68. The third-order valence-electron chi connectivity index (χ3n) is 18.5. The summed E-state index contributed by atoms with van der Waals surface area (Å²) in [6, 6.07) is 0. The van der Waals surface area contributed by atoms with Crippen LogP contribution in [0.25, 0.3) is 0 Å². The number of thioether (sulfide) groups is 4. The third kappa shape index (κ3) is 52.3. The average molecular weight is 1340 g/mol. The topological polar surface area (TPSA) is 0 Å². The molecule has 0 aromatic heterocycles. The average Bonchev–Trinajstić information content (AvgIpc) is 2.38. The van der Waals surface area contributed by atoms with Gasteiger partial charge >= 0.3 is 0 Å². The molecular weight excluding hydrogens is 1190 g/mol. The van der Waals surface area contributed by atoms with E-state index in [9.17, 15) is 0 Å². The molecule has 1 saturated heterocycles. The highest BCUT2D eigenvalue weighted by molar-refractivity contribution is 9.32. The molecule has 0 atom stereocenters. The van der Waals surface area contributed by atoms with Crippen molar-refractivity contribution in [3.8, 4) is 0 Å². The quantitative estimate of drug-likeness (QED) is 0.0431. The first-order chi connectivity index (χ1) is 42.8. The Morgan fingerprint density at radius 3 is 0.477 bits per heavy atom. The molecule has 1 aliphatic carbocycles. The number of unbranched alkanes of at least 4 members (excludes halogenated alkanes) is 60. The van der Waals surface area contributed by atoms with Gasteiger partial charge in [0.2, 0.25) is 0 Å². The molecule has 0 saturated carbocycles. The number of hydrogen-bond donors (Lipinski definition) is 0. The minimum Gasteiger partial charge on any atom is -0.124 e. The lowest BCUT2D eigenvalue weighted by molar-refractivity contribution is 0.531. The van der Waals surface area contributed by atoms with Crippen molar-refractivity contribution in [3.63, 3.8) is 0 Å². The molecule has 0 aromatic rings. The second-order valence-corrected chi connectivity index (χ2v) is 37.3. The molecule has 0 N–H and O–H groups in total. The summed E-state index contributed by atoms with van der Waals surface area (Å²) in [7, 11) is 8.22. The van der Waals surface area contributed by atoms with Crippen LogP contribution in [-0.2, 0) is 0 Å². The van der Waals surface area contributed by atoms with Gasteiger partial charge in [-0.15, -0.1) is 47.0 Å². The van der Waals surface area contributed by atoms with E-state index in [1.807, 2.05) is 19.7 Å². The maximum Gasteiger partial charge on any atom is 0.0732 e. The lowest BCUT2D eigenvalue weighted by atomic mass is 10.0. The highest BCUT2D eigenvalue weighted by Gasteiger charge is 2.34. The van der Waals surface area contributed by atoms with Gasteiger partial charge in [-0.1, -0.05) is 413 Å². The van der Waals surface area contributed by atoms with Crippen LogP contribution in [0, 0.1) is 0 Å². The molecule has 0 radical (unpaired) electrons. The van der Waals surface area contributed by atoms with Gasteiger partial charge in [-0.3, -0.25) is 0 Å². The summed E-state index contributed by atoms with van der Waals surface area (Å²) < 4.78 is 1.61. The van der Waals surface area contributed by atoms with E-state index in [1.165, 1.54) is 434 Å². The number of allylic oxidation sites excluding steroid dienone is 2. The van der Waals surface area contributed by atoms with Crippen molar-refractivity contribution in [2.75, 3.05) is 23.0 Å². The predicted octanol–water partition coefficient (Wildman–Crippen LogP) is 33.3. The molecule has 2 aliphatic rings. The minimum absolute atomic E-state index is 1.29. The van der Waals surface area contributed by atoms with Crippen LogP contribution in [0.3, 0.4) is 0 Å². The summed E-state index contributed by atoms with van der Waals surface area (Å²) in [5.74, 6) is 5.17. The van der Waals surface area contributed by atoms with Crippen LogP contribution < -0.4 is 0 Å². The number of rotatable bonds is 72. The smallest absolute Gasteiger partial charge is 0.0732 e. The zero-order chi connectivity index (χ0) is 61.2. The monoisotopic (exact) mass is 1340 g/mol. The van der Waals surface area contributed by atoms with Gasteiger partial charge in [-0.2, -0.15) is 0 Å². The van der Waals surface area contributed by atoms with Crippen molar-refractivity contribution >= 4 is 88.3 Å². The molecule has 0 bridgehead atoms. The maximum absolute atomic E-state index is 2.33. The van der Waals surface area contributed by atoms with Crippen LogP contribution in [-0.4, -0.2) is 23.0 Å². The van der Waals surface area contributed by atoms with E-state index in [0.717, 1.165) is 0 Å². The Kier molecular flexibility index (Phi) is 68.3. The number of hydrogen-bond acceptors (Lipinski definition) is 8. The first kappa shape index (κ1) is 84.1. The zero-order valence-electron chi connectivity index (χ0n) is 58.3. The second-order valence-electron chi connectivity index (χ2n) is 26.9. The van der Waals surface area contributed by atoms with Crippen molar-refractivity contribution in [1.29, 1.82) is 0 Å². The van der Waals surface area contributed by atoms with Gasteiger partial charge < -0.3 is 0 Å². The summed E-state index contributed by atoms with van der Waals surface area (Å²) in [6.45, 7) is 9.32. The van der Waals surface area contributed by atoms with Crippen LogP contribution in [0.1, 0.15) is 439 Å². The maximum atomic E-state index is 2.33. The summed E-state index contributed by atoms with van der Waals surface area (Å²) >= 11 is 9.17. The Hall–Kier alpha value is 2.02. The fourth-order valence-corrected chi connectivity index (χ4v) is 26.1. The van der Waals surface area contributed by atoms with Crippen LogP contribution in [0.5, 0.6) is 0 Å². The predicted molar refractivity (Wildman–Crippen MR) is 419 cm³/mol. The van der Waals surface area contributed by atoms with Crippen molar-refractivity contribution in [2.24, 2.45) is 0 Å². The van der Waals surface area contributed by atoms with E-state index in [4.69, 9.17) is 0 Å². The summed E-state index contributed by atoms with van der Waals surface area (Å²) in [5, 5.41) is 0. The molecule has 0 amide bonds. The normalized spacial score (nSPS) is 13.8. The van der Waals surface area contributed by atoms with Gasteiger partial charge in [-0.05, 0) is 89.9 Å². The standard InChI is InChI=1S/C78H148S8/c1-5-9-13-17-21-25-29-33-37-41-45-49-53-57-61-65-69-79-74-73(78-83-85-86-84-78)75(80-70-66-62-58-54-50-46-42-38-34-30-26-22-18-14-10-6-2)77(82-72-68-64-60-56-52-48-44-40-36-32-28-24-20-16-12-8-4)76(74)81-71-67-63-59-55-51-47-43-39-35-31-27-23-19-15-11-7-3/h5-72H2,1-4H3. The Balaban J connectivity index is 2.02. The lowest BCUT2D eigenvalue weighted by Crippen LogP contribution is -1.92. The van der Waals surface area contributed by atoms with Crippen molar-refractivity contribution in [3.05, 3.63) is 29.4 Å². The Morgan fingerprint density at radius 1 is 0.174 bits per heavy atom. The second kappa shape index (κ2) is 69.8. The van der Waals surface area contributed by atoms with Crippen molar-refractivity contribution in [1.82, 2.24) is 0 Å². The van der Waals surface area contributed by atoms with Gasteiger partial charge in [0.05, 0.1) is 4.24 Å². The molecule has 1 aliphatic heterocycles. The van der Waals surface area contributed by atoms with E-state index < -0.39 is 0 Å². The van der Waals surface area contributed by atoms with Crippen LogP contribution in [0.15, 0.2) is 29.4 Å².